The van der Waals surface area contributed by atoms with E-state index in [4.69, 9.17) is 14.2 Å². The lowest BCUT2D eigenvalue weighted by Gasteiger charge is -2.31. The first-order chi connectivity index (χ1) is 25.3. The normalized spacial score (nSPS) is 13.5. The zero-order valence-corrected chi connectivity index (χ0v) is 33.1. The van der Waals surface area contributed by atoms with E-state index < -0.39 is 24.5 Å². The van der Waals surface area contributed by atoms with Crippen LogP contribution in [0.15, 0.2) is 46.8 Å². The zero-order chi connectivity index (χ0) is 37.8. The summed E-state index contributed by atoms with van der Waals surface area (Å²) in [4.78, 5) is 27.4. The number of esters is 2. The first-order valence-electron chi connectivity index (χ1n) is 20.9. The molecule has 2 rings (SSSR count). The maximum absolute atomic E-state index is 13.7. The third-order valence-corrected chi connectivity index (χ3v) is 10.1. The molecule has 0 amide bonds. The second-order valence-electron chi connectivity index (χ2n) is 14.6. The van der Waals surface area contributed by atoms with E-state index in [1.807, 2.05) is 0 Å². The number of alkyl halides is 2. The summed E-state index contributed by atoms with van der Waals surface area (Å²) in [6.07, 6.45) is 28.8. The Morgan fingerprint density at radius 2 is 0.923 bits per heavy atom. The second-order valence-corrected chi connectivity index (χ2v) is 14.6. The van der Waals surface area contributed by atoms with Crippen molar-refractivity contribution in [1.29, 1.82) is 0 Å². The molecule has 296 valence electrons. The fourth-order valence-electron chi connectivity index (χ4n) is 7.14. The highest BCUT2D eigenvalue weighted by molar-refractivity contribution is 6.00. The van der Waals surface area contributed by atoms with Gasteiger partial charge in [-0.15, -0.1) is 0 Å². The van der Waals surface area contributed by atoms with Crippen LogP contribution in [-0.4, -0.2) is 31.8 Å². The molecule has 0 aliphatic carbocycles. The van der Waals surface area contributed by atoms with Gasteiger partial charge >= 0.3 is 18.6 Å². The molecule has 0 bridgehead atoms. The maximum Gasteiger partial charge on any atom is 0.387 e. The monoisotopic (exact) mass is 732 g/mol. The molecule has 0 radical (unpaired) electrons. The molecule has 0 saturated carbocycles. The van der Waals surface area contributed by atoms with Gasteiger partial charge < -0.3 is 19.5 Å². The molecule has 1 aliphatic heterocycles. The Labute approximate surface area is 314 Å². The van der Waals surface area contributed by atoms with Crippen LogP contribution in [0, 0.1) is 0 Å². The van der Waals surface area contributed by atoms with Crippen molar-refractivity contribution in [1.82, 2.24) is 5.32 Å². The Morgan fingerprint density at radius 1 is 0.577 bits per heavy atom. The Balaban J connectivity index is 1.94. The van der Waals surface area contributed by atoms with Crippen molar-refractivity contribution in [3.63, 3.8) is 0 Å². The van der Waals surface area contributed by atoms with E-state index in [0.717, 1.165) is 38.5 Å². The first-order valence-corrected chi connectivity index (χ1v) is 20.9. The van der Waals surface area contributed by atoms with Gasteiger partial charge in [-0.1, -0.05) is 173 Å². The summed E-state index contributed by atoms with van der Waals surface area (Å²) < 4.78 is 43.4. The topological polar surface area (TPSA) is 73.9 Å². The molecule has 1 aliphatic rings. The third-order valence-electron chi connectivity index (χ3n) is 10.1. The fraction of sp³-hybridized carbons (Fsp3) is 0.727. The largest absolute Gasteiger partial charge is 0.462 e. The number of carbonyl (C=O) groups is 2. The van der Waals surface area contributed by atoms with E-state index in [2.05, 4.69) is 19.2 Å². The number of halogens is 2. The van der Waals surface area contributed by atoms with Gasteiger partial charge in [0.2, 0.25) is 0 Å². The number of carbonyl (C=O) groups excluding carboxylic acids is 2. The van der Waals surface area contributed by atoms with Gasteiger partial charge in [-0.25, -0.2) is 9.59 Å². The number of rotatable bonds is 31. The molecule has 0 spiro atoms. The van der Waals surface area contributed by atoms with Crippen LogP contribution in [-0.2, 0) is 19.1 Å². The number of benzene rings is 1. The molecule has 0 atom stereocenters. The lowest BCUT2D eigenvalue weighted by Crippen LogP contribution is -2.33. The van der Waals surface area contributed by atoms with Crippen molar-refractivity contribution < 1.29 is 32.6 Å². The van der Waals surface area contributed by atoms with Crippen molar-refractivity contribution in [3.05, 3.63) is 52.4 Å². The zero-order valence-electron chi connectivity index (χ0n) is 33.1. The average Bonchev–Trinajstić information content (AvgIpc) is 3.11. The first kappa shape index (κ1) is 45.3. The number of ether oxygens (including phenoxy) is 3. The average molecular weight is 732 g/mol. The van der Waals surface area contributed by atoms with Gasteiger partial charge in [-0.05, 0) is 32.8 Å². The van der Waals surface area contributed by atoms with E-state index in [1.54, 1.807) is 32.0 Å². The minimum atomic E-state index is -3.07. The van der Waals surface area contributed by atoms with Gasteiger partial charge in [-0.2, -0.15) is 8.78 Å². The number of para-hydroxylation sites is 1. The van der Waals surface area contributed by atoms with Crippen LogP contribution in [0.25, 0.3) is 0 Å². The highest BCUT2D eigenvalue weighted by Gasteiger charge is 2.39. The smallest absolute Gasteiger partial charge is 0.387 e. The summed E-state index contributed by atoms with van der Waals surface area (Å²) >= 11 is 0. The lowest BCUT2D eigenvalue weighted by molar-refractivity contribution is -0.140. The van der Waals surface area contributed by atoms with E-state index in [0.29, 0.717) is 11.4 Å². The van der Waals surface area contributed by atoms with Crippen LogP contribution in [0.3, 0.4) is 0 Å². The molecule has 1 N–H and O–H groups in total. The van der Waals surface area contributed by atoms with Crippen molar-refractivity contribution in [2.75, 3.05) is 13.2 Å². The fourth-order valence-corrected chi connectivity index (χ4v) is 7.14. The van der Waals surface area contributed by atoms with Crippen LogP contribution >= 0.6 is 0 Å². The predicted octanol–water partition coefficient (Wildman–Crippen LogP) is 13.0. The van der Waals surface area contributed by atoms with Gasteiger partial charge in [0.25, 0.3) is 0 Å². The van der Waals surface area contributed by atoms with Gasteiger partial charge in [0, 0.05) is 17.0 Å². The number of unbranched alkanes of at least 4 members (excludes halogenated alkanes) is 22. The van der Waals surface area contributed by atoms with E-state index in [-0.39, 0.29) is 35.7 Å². The molecule has 0 fully saturated rings. The van der Waals surface area contributed by atoms with Crippen molar-refractivity contribution in [2.24, 2.45) is 0 Å². The second kappa shape index (κ2) is 28.6. The summed E-state index contributed by atoms with van der Waals surface area (Å²) in [5, 5.41) is 3.17. The molecule has 0 saturated heterocycles. The van der Waals surface area contributed by atoms with Crippen LogP contribution in [0.2, 0.25) is 0 Å². The summed E-state index contributed by atoms with van der Waals surface area (Å²) in [6, 6.07) is 6.32. The van der Waals surface area contributed by atoms with Gasteiger partial charge in [0.05, 0.1) is 30.3 Å². The molecule has 0 aromatic heterocycles. The van der Waals surface area contributed by atoms with Crippen LogP contribution in [0.4, 0.5) is 8.78 Å². The molecule has 6 nitrogen and oxygen atoms in total. The Kier molecular flexibility index (Phi) is 24.9. The molecule has 1 aromatic rings. The maximum atomic E-state index is 13.7. The van der Waals surface area contributed by atoms with Crippen molar-refractivity contribution in [2.45, 2.75) is 194 Å². The quantitative estimate of drug-likeness (QED) is 0.0605. The highest BCUT2D eigenvalue weighted by atomic mass is 19.3. The van der Waals surface area contributed by atoms with Gasteiger partial charge in [-0.3, -0.25) is 0 Å². The molecule has 1 heterocycles. The van der Waals surface area contributed by atoms with Crippen LogP contribution in [0.5, 0.6) is 5.75 Å². The molecular weight excluding hydrogens is 660 g/mol. The Morgan fingerprint density at radius 3 is 1.29 bits per heavy atom. The van der Waals surface area contributed by atoms with Crippen LogP contribution < -0.4 is 10.1 Å². The number of hydrogen-bond acceptors (Lipinski definition) is 6. The minimum absolute atomic E-state index is 0.0949. The van der Waals surface area contributed by atoms with Gasteiger partial charge in [0.1, 0.15) is 5.75 Å². The van der Waals surface area contributed by atoms with Gasteiger partial charge in [0.15, 0.2) is 0 Å². The molecule has 1 aromatic carbocycles. The standard InChI is InChI=1S/C44H71F2NO5/c1-5-7-9-11-13-15-17-19-21-23-25-29-33-50-42(48)39-35(3)47-36(4)40(41(39)37-31-27-28-32-38(37)52-44(45)46)43(49)51-34-30-26-24-22-20-18-16-14-12-10-8-6-2/h27-28,31-32,41,44,47H,5-26,29-30,33-34H2,1-4H3. The number of hydrogen-bond donors (Lipinski definition) is 1. The summed E-state index contributed by atoms with van der Waals surface area (Å²) in [5.74, 6) is -2.24. The molecule has 52 heavy (non-hydrogen) atoms. The SMILES string of the molecule is CCCCCCCCCCCCCCOC(=O)C1=C(C)NC(C)=C(C(=O)OCCCCCCCCCCCCCC)C1c1ccccc1OC(F)F. The summed E-state index contributed by atoms with van der Waals surface area (Å²) in [5.41, 5.74) is 1.70. The number of nitrogens with one attached hydrogen (secondary N) is 1. The summed E-state index contributed by atoms with van der Waals surface area (Å²) in [6.45, 7) is 5.38. The van der Waals surface area contributed by atoms with Crippen molar-refractivity contribution in [3.8, 4) is 5.75 Å². The number of allylic oxidation sites excluding steroid dienone is 2. The summed E-state index contributed by atoms with van der Waals surface area (Å²) in [7, 11) is 0. The van der Waals surface area contributed by atoms with Crippen molar-refractivity contribution >= 4 is 11.9 Å². The van der Waals surface area contributed by atoms with Crippen LogP contribution in [0.1, 0.15) is 193 Å². The predicted molar refractivity (Wildman–Crippen MR) is 208 cm³/mol. The minimum Gasteiger partial charge on any atom is -0.462 e. The van der Waals surface area contributed by atoms with E-state index in [9.17, 15) is 18.4 Å². The Hall–Kier alpha value is -2.90. The molecular formula is C44H71F2NO5. The highest BCUT2D eigenvalue weighted by Crippen LogP contribution is 2.43. The number of dihydropyridines is 1. The van der Waals surface area contributed by atoms with E-state index >= 15 is 0 Å². The lowest BCUT2D eigenvalue weighted by atomic mass is 9.80. The van der Waals surface area contributed by atoms with E-state index in [1.165, 1.54) is 122 Å². The Bertz CT molecular complexity index is 1130. The molecule has 8 heteroatoms. The molecule has 0 unspecified atom stereocenters. The third kappa shape index (κ3) is 18.2.